The first-order valence-corrected chi connectivity index (χ1v) is 16.6. The third-order valence-corrected chi connectivity index (χ3v) is 11.2. The quantitative estimate of drug-likeness (QED) is 0.184. The maximum Gasteiger partial charge on any atom is 0.0784 e. The fourth-order valence-corrected chi connectivity index (χ4v) is 9.40. The summed E-state index contributed by atoms with van der Waals surface area (Å²) in [5.41, 5.74) is 10.8. The van der Waals surface area contributed by atoms with Gasteiger partial charge in [-0.1, -0.05) is 140 Å². The summed E-state index contributed by atoms with van der Waals surface area (Å²) in [7, 11) is 0. The van der Waals surface area contributed by atoms with Gasteiger partial charge in [-0.3, -0.25) is 4.98 Å². The molecule has 2 heterocycles. The Balaban J connectivity index is 1.39. The summed E-state index contributed by atoms with van der Waals surface area (Å²) in [4.78, 5) is 5.02. The number of rotatable bonds is 3. The van der Waals surface area contributed by atoms with Crippen molar-refractivity contribution in [1.29, 1.82) is 0 Å². The minimum absolute atomic E-state index is 0.539. The molecule has 9 aromatic rings. The Morgan fingerprint density at radius 3 is 1.91 bits per heavy atom. The third kappa shape index (κ3) is 3.37. The first-order valence-electron chi connectivity index (χ1n) is 15.8. The largest absolute Gasteiger partial charge is 0.256 e. The number of thiophene rings is 1. The van der Waals surface area contributed by atoms with Crippen molar-refractivity contribution in [3.63, 3.8) is 0 Å². The average molecular weight is 602 g/mol. The molecule has 0 bridgehead atoms. The van der Waals surface area contributed by atoms with Crippen LogP contribution in [-0.4, -0.2) is 4.98 Å². The molecule has 1 aliphatic carbocycles. The molecule has 0 fully saturated rings. The van der Waals surface area contributed by atoms with Crippen LogP contribution in [0.2, 0.25) is 0 Å². The molecule has 46 heavy (non-hydrogen) atoms. The Kier molecular flexibility index (Phi) is 5.43. The summed E-state index contributed by atoms with van der Waals surface area (Å²) in [5, 5.41) is 6.29. The molecule has 2 heteroatoms. The Morgan fingerprint density at radius 1 is 0.478 bits per heavy atom. The van der Waals surface area contributed by atoms with Crippen LogP contribution in [0.25, 0.3) is 64.1 Å². The van der Waals surface area contributed by atoms with Gasteiger partial charge in [0.15, 0.2) is 0 Å². The number of fused-ring (bicyclic) bond motifs is 11. The van der Waals surface area contributed by atoms with Crippen molar-refractivity contribution in [1.82, 2.24) is 4.98 Å². The van der Waals surface area contributed by atoms with Gasteiger partial charge in [-0.15, -0.1) is 11.3 Å². The van der Waals surface area contributed by atoms with Gasteiger partial charge >= 0.3 is 0 Å². The molecule has 0 amide bonds. The first-order chi connectivity index (χ1) is 22.8. The van der Waals surface area contributed by atoms with Gasteiger partial charge in [-0.25, -0.2) is 0 Å². The van der Waals surface area contributed by atoms with Crippen molar-refractivity contribution < 1.29 is 0 Å². The maximum absolute atomic E-state index is 5.02. The zero-order chi connectivity index (χ0) is 30.2. The van der Waals surface area contributed by atoms with Crippen LogP contribution >= 0.6 is 11.3 Å². The van der Waals surface area contributed by atoms with Crippen molar-refractivity contribution in [2.75, 3.05) is 0 Å². The number of hydrogen-bond acceptors (Lipinski definition) is 2. The van der Waals surface area contributed by atoms with Gasteiger partial charge in [0.2, 0.25) is 0 Å². The smallest absolute Gasteiger partial charge is 0.0784 e. The molecule has 0 unspecified atom stereocenters. The van der Waals surface area contributed by atoms with Gasteiger partial charge in [-0.05, 0) is 68.1 Å². The molecule has 0 saturated carbocycles. The van der Waals surface area contributed by atoms with Crippen LogP contribution in [-0.2, 0) is 5.41 Å². The summed E-state index contributed by atoms with van der Waals surface area (Å²) < 4.78 is 2.66. The second-order valence-electron chi connectivity index (χ2n) is 12.2. The van der Waals surface area contributed by atoms with Gasteiger partial charge in [0, 0.05) is 37.1 Å². The molecule has 10 rings (SSSR count). The van der Waals surface area contributed by atoms with E-state index in [2.05, 4.69) is 158 Å². The molecule has 1 nitrogen and oxygen atoms in total. The summed E-state index contributed by atoms with van der Waals surface area (Å²) in [5.74, 6) is 0. The van der Waals surface area contributed by atoms with Gasteiger partial charge < -0.3 is 0 Å². The van der Waals surface area contributed by atoms with E-state index in [1.54, 1.807) is 0 Å². The van der Waals surface area contributed by atoms with Crippen molar-refractivity contribution in [2.45, 2.75) is 5.41 Å². The molecule has 214 valence electrons. The molecule has 1 aliphatic rings. The van der Waals surface area contributed by atoms with E-state index in [4.69, 9.17) is 4.98 Å². The maximum atomic E-state index is 5.02. The summed E-state index contributed by atoms with van der Waals surface area (Å²) in [6.07, 6.45) is 1.93. The summed E-state index contributed by atoms with van der Waals surface area (Å²) >= 11 is 1.89. The van der Waals surface area contributed by atoms with Crippen LogP contribution in [0.15, 0.2) is 164 Å². The monoisotopic (exact) mass is 601 g/mol. The van der Waals surface area contributed by atoms with Gasteiger partial charge in [0.05, 0.1) is 10.9 Å². The number of nitrogens with zero attached hydrogens (tertiary/aromatic N) is 1. The van der Waals surface area contributed by atoms with Crippen molar-refractivity contribution in [3.8, 4) is 22.3 Å². The second-order valence-corrected chi connectivity index (χ2v) is 13.3. The normalized spacial score (nSPS) is 13.4. The summed E-state index contributed by atoms with van der Waals surface area (Å²) in [6.45, 7) is 0. The highest BCUT2D eigenvalue weighted by Gasteiger charge is 2.48. The second kappa shape index (κ2) is 9.71. The molecule has 0 spiro atoms. The van der Waals surface area contributed by atoms with E-state index in [0.717, 1.165) is 5.52 Å². The predicted molar refractivity (Wildman–Crippen MR) is 195 cm³/mol. The Bertz CT molecular complexity index is 2590. The third-order valence-electron chi connectivity index (χ3n) is 9.98. The van der Waals surface area contributed by atoms with Crippen LogP contribution in [0.5, 0.6) is 0 Å². The Hall–Kier alpha value is -5.57. The number of aromatic nitrogens is 1. The van der Waals surface area contributed by atoms with Crippen LogP contribution < -0.4 is 0 Å². The molecular weight excluding hydrogens is 575 g/mol. The van der Waals surface area contributed by atoms with Crippen LogP contribution in [0.3, 0.4) is 0 Å². The zero-order valence-electron chi connectivity index (χ0n) is 24.9. The standard InChI is InChI=1S/C44H27NS/c1-3-13-29(14-4-1)44(30-15-5-2-6-16-30)38-27-28(31-20-11-21-35-32-17-9-10-23-39(32)46-43(31)35)24-25-36(38)40-33-18-7-8-19-34(33)42-37(41(40)44)22-12-26-45-42/h1-27H. The molecule has 0 saturated heterocycles. The SMILES string of the molecule is c1ccc(C2(c3ccccc3)c3cc(-c4cccc5c4sc4ccccc45)ccc3-c3c2c2cccnc2c2ccccc32)cc1. The number of benzene rings is 7. The van der Waals surface area contributed by atoms with Gasteiger partial charge in [0.1, 0.15) is 0 Å². The van der Waals surface area contributed by atoms with E-state index in [-0.39, 0.29) is 0 Å². The van der Waals surface area contributed by atoms with Gasteiger partial charge in [-0.2, -0.15) is 0 Å². The molecule has 0 atom stereocenters. The molecule has 7 aromatic carbocycles. The van der Waals surface area contributed by atoms with Crippen LogP contribution in [0, 0.1) is 0 Å². The van der Waals surface area contributed by atoms with E-state index in [9.17, 15) is 0 Å². The highest BCUT2D eigenvalue weighted by Crippen LogP contribution is 2.60. The lowest BCUT2D eigenvalue weighted by Crippen LogP contribution is -2.29. The van der Waals surface area contributed by atoms with E-state index in [0.29, 0.717) is 0 Å². The van der Waals surface area contributed by atoms with E-state index >= 15 is 0 Å². The lowest BCUT2D eigenvalue weighted by atomic mass is 9.66. The van der Waals surface area contributed by atoms with Crippen LogP contribution in [0.1, 0.15) is 22.3 Å². The highest BCUT2D eigenvalue weighted by atomic mass is 32.1. The number of pyridine rings is 1. The lowest BCUT2D eigenvalue weighted by molar-refractivity contribution is 0.776. The molecule has 2 aromatic heterocycles. The van der Waals surface area contributed by atoms with Gasteiger partial charge in [0.25, 0.3) is 0 Å². The number of hydrogen-bond donors (Lipinski definition) is 0. The minimum Gasteiger partial charge on any atom is -0.256 e. The van der Waals surface area contributed by atoms with Crippen molar-refractivity contribution >= 4 is 53.2 Å². The summed E-state index contributed by atoms with van der Waals surface area (Å²) in [6, 6.07) is 58.2. The molecular formula is C44H27NS. The molecule has 0 N–H and O–H groups in total. The highest BCUT2D eigenvalue weighted by molar-refractivity contribution is 7.26. The van der Waals surface area contributed by atoms with Crippen LogP contribution in [0.4, 0.5) is 0 Å². The fourth-order valence-electron chi connectivity index (χ4n) is 8.16. The zero-order valence-corrected chi connectivity index (χ0v) is 25.8. The fraction of sp³-hybridized carbons (Fsp3) is 0.0227. The molecule has 0 radical (unpaired) electrons. The van der Waals surface area contributed by atoms with Crippen molar-refractivity contribution in [3.05, 3.63) is 186 Å². The Labute approximate surface area is 271 Å². The lowest BCUT2D eigenvalue weighted by Gasteiger charge is -2.35. The first kappa shape index (κ1) is 25.7. The van der Waals surface area contributed by atoms with E-state index in [1.807, 2.05) is 17.5 Å². The molecule has 0 aliphatic heterocycles. The van der Waals surface area contributed by atoms with E-state index < -0.39 is 5.41 Å². The topological polar surface area (TPSA) is 12.9 Å². The minimum atomic E-state index is -0.539. The predicted octanol–water partition coefficient (Wildman–Crippen LogP) is 11.8. The Morgan fingerprint density at radius 2 is 1.13 bits per heavy atom. The van der Waals surface area contributed by atoms with E-state index in [1.165, 1.54) is 80.8 Å². The average Bonchev–Trinajstić information content (AvgIpc) is 3.67. The van der Waals surface area contributed by atoms with Crippen molar-refractivity contribution in [2.24, 2.45) is 0 Å².